The quantitative estimate of drug-likeness (QED) is 0.137. The van der Waals surface area contributed by atoms with Gasteiger partial charge in [0.2, 0.25) is 5.91 Å². The maximum absolute atomic E-state index is 14.1. The molecule has 1 aliphatic carbocycles. The number of para-hydroxylation sites is 1. The third-order valence-corrected chi connectivity index (χ3v) is 8.67. The van der Waals surface area contributed by atoms with Gasteiger partial charge in [0, 0.05) is 59.5 Å². The molecule has 0 radical (unpaired) electrons. The maximum atomic E-state index is 14.1. The Bertz CT molecular complexity index is 1580. The van der Waals surface area contributed by atoms with E-state index in [1.54, 1.807) is 32.2 Å². The van der Waals surface area contributed by atoms with Crippen LogP contribution in [0.2, 0.25) is 0 Å². The van der Waals surface area contributed by atoms with Crippen molar-refractivity contribution < 1.29 is 14.5 Å². The molecule has 4 aromatic rings. The Kier molecular flexibility index (Phi) is 8.75. The van der Waals surface area contributed by atoms with Gasteiger partial charge in [-0.3, -0.25) is 19.9 Å². The molecule has 4 N–H and O–H groups in total. The van der Waals surface area contributed by atoms with Gasteiger partial charge >= 0.3 is 6.03 Å². The van der Waals surface area contributed by atoms with Gasteiger partial charge in [-0.2, -0.15) is 0 Å². The van der Waals surface area contributed by atoms with Crippen LogP contribution in [-0.4, -0.2) is 38.9 Å². The fourth-order valence-corrected chi connectivity index (χ4v) is 6.16. The number of non-ortho nitro benzene ring substituents is 1. The van der Waals surface area contributed by atoms with Crippen LogP contribution in [0.4, 0.5) is 10.5 Å². The molecule has 2 aromatic heterocycles. The van der Waals surface area contributed by atoms with E-state index in [4.69, 9.17) is 0 Å². The molecular formula is C33H38N6O4. The van der Waals surface area contributed by atoms with E-state index in [0.717, 1.165) is 54.3 Å². The largest absolute Gasteiger partial charge is 0.361 e. The van der Waals surface area contributed by atoms with Gasteiger partial charge < -0.3 is 20.9 Å². The first-order valence-corrected chi connectivity index (χ1v) is 14.8. The number of nitrogens with one attached hydrogen (secondary N) is 4. The lowest BCUT2D eigenvalue weighted by Crippen LogP contribution is -2.61. The van der Waals surface area contributed by atoms with Crippen molar-refractivity contribution >= 4 is 28.5 Å². The lowest BCUT2D eigenvalue weighted by atomic mass is 9.71. The number of carbonyl (C=O) groups excluding carboxylic acids is 2. The number of hydrogen-bond acceptors (Lipinski definition) is 5. The number of urea groups is 1. The number of nitro groups is 1. The molecule has 1 saturated carbocycles. The third kappa shape index (κ3) is 6.69. The zero-order chi connectivity index (χ0) is 30.5. The van der Waals surface area contributed by atoms with E-state index in [1.807, 2.05) is 48.7 Å². The first kappa shape index (κ1) is 29.8. The number of hydrogen-bond donors (Lipinski definition) is 4. The second-order valence-corrected chi connectivity index (χ2v) is 11.8. The van der Waals surface area contributed by atoms with Crippen molar-refractivity contribution in [3.63, 3.8) is 0 Å². The fourth-order valence-electron chi connectivity index (χ4n) is 6.16. The summed E-state index contributed by atoms with van der Waals surface area (Å²) in [6, 6.07) is 18.9. The van der Waals surface area contributed by atoms with Crippen LogP contribution in [0.1, 0.15) is 68.8 Å². The summed E-state index contributed by atoms with van der Waals surface area (Å²) >= 11 is 0. The number of aromatic nitrogens is 2. The van der Waals surface area contributed by atoms with E-state index in [1.165, 1.54) is 12.1 Å². The van der Waals surface area contributed by atoms with Crippen molar-refractivity contribution in [1.29, 1.82) is 0 Å². The van der Waals surface area contributed by atoms with Crippen LogP contribution in [0.25, 0.3) is 10.9 Å². The fraction of sp³-hybridized carbons (Fsp3) is 0.364. The van der Waals surface area contributed by atoms with Crippen LogP contribution < -0.4 is 16.0 Å². The van der Waals surface area contributed by atoms with E-state index in [2.05, 4.69) is 25.9 Å². The SMILES string of the molecule is CC(NC(=O)NC(C)(Cc1c[nH]c2ccccc12)C(=O)NCC1(c2ccccn2)CCCCC1)c1ccc([N+](=O)[O-])cc1. The number of benzene rings is 2. The van der Waals surface area contributed by atoms with Gasteiger partial charge in [-0.15, -0.1) is 0 Å². The van der Waals surface area contributed by atoms with Crippen molar-refractivity contribution in [3.8, 4) is 0 Å². The molecule has 224 valence electrons. The van der Waals surface area contributed by atoms with Gasteiger partial charge in [0.05, 0.1) is 11.0 Å². The second-order valence-electron chi connectivity index (χ2n) is 11.8. The number of aromatic amines is 1. The average molecular weight is 583 g/mol. The molecular weight excluding hydrogens is 544 g/mol. The van der Waals surface area contributed by atoms with E-state index in [0.29, 0.717) is 12.1 Å². The molecule has 10 heteroatoms. The van der Waals surface area contributed by atoms with Crippen molar-refractivity contribution in [2.75, 3.05) is 6.54 Å². The number of H-pyrrole nitrogens is 1. The molecule has 1 fully saturated rings. The Labute approximate surface area is 250 Å². The number of carbonyl (C=O) groups is 2. The van der Waals surface area contributed by atoms with E-state index >= 15 is 0 Å². The highest BCUT2D eigenvalue weighted by Crippen LogP contribution is 2.38. The van der Waals surface area contributed by atoms with Crippen LogP contribution in [-0.2, 0) is 16.6 Å². The summed E-state index contributed by atoms with van der Waals surface area (Å²) in [7, 11) is 0. The number of rotatable bonds is 10. The number of pyridine rings is 1. The molecule has 2 atom stereocenters. The summed E-state index contributed by atoms with van der Waals surface area (Å²) in [6.07, 6.45) is 9.11. The first-order valence-electron chi connectivity index (χ1n) is 14.8. The normalized spacial score (nSPS) is 16.5. The summed E-state index contributed by atoms with van der Waals surface area (Å²) in [6.45, 7) is 3.96. The summed E-state index contributed by atoms with van der Waals surface area (Å²) in [5, 5.41) is 21.1. The number of amides is 3. The molecule has 2 unspecified atom stereocenters. The van der Waals surface area contributed by atoms with E-state index in [9.17, 15) is 19.7 Å². The topological polar surface area (TPSA) is 142 Å². The van der Waals surface area contributed by atoms with Crippen LogP contribution in [0, 0.1) is 10.1 Å². The van der Waals surface area contributed by atoms with Gasteiger partial charge in [-0.1, -0.05) is 55.7 Å². The molecule has 0 spiro atoms. The zero-order valence-electron chi connectivity index (χ0n) is 24.6. The Balaban J connectivity index is 1.36. The Hall–Kier alpha value is -4.73. The molecule has 2 aromatic carbocycles. The molecule has 2 heterocycles. The van der Waals surface area contributed by atoms with Crippen molar-refractivity contribution in [2.45, 2.75) is 69.4 Å². The average Bonchev–Trinajstić information content (AvgIpc) is 3.42. The lowest BCUT2D eigenvalue weighted by Gasteiger charge is -2.38. The monoisotopic (exact) mass is 582 g/mol. The summed E-state index contributed by atoms with van der Waals surface area (Å²) in [5.41, 5.74) is 1.98. The predicted octanol–water partition coefficient (Wildman–Crippen LogP) is 5.85. The molecule has 10 nitrogen and oxygen atoms in total. The molecule has 5 rings (SSSR count). The van der Waals surface area contributed by atoms with Gasteiger partial charge in [0.25, 0.3) is 5.69 Å². The number of fused-ring (bicyclic) bond motifs is 1. The van der Waals surface area contributed by atoms with Crippen LogP contribution in [0.3, 0.4) is 0 Å². The Morgan fingerprint density at radius 2 is 1.77 bits per heavy atom. The molecule has 0 saturated heterocycles. The van der Waals surface area contributed by atoms with Gasteiger partial charge in [0.1, 0.15) is 5.54 Å². The highest BCUT2D eigenvalue weighted by atomic mass is 16.6. The minimum Gasteiger partial charge on any atom is -0.361 e. The van der Waals surface area contributed by atoms with Crippen molar-refractivity contribution in [1.82, 2.24) is 25.9 Å². The van der Waals surface area contributed by atoms with Crippen molar-refractivity contribution in [2.24, 2.45) is 0 Å². The number of nitrogens with zero attached hydrogens (tertiary/aromatic N) is 2. The Morgan fingerprint density at radius 1 is 1.05 bits per heavy atom. The summed E-state index contributed by atoms with van der Waals surface area (Å²) < 4.78 is 0. The highest BCUT2D eigenvalue weighted by molar-refractivity contribution is 5.92. The highest BCUT2D eigenvalue weighted by Gasteiger charge is 2.40. The van der Waals surface area contributed by atoms with E-state index in [-0.39, 0.29) is 23.4 Å². The van der Waals surface area contributed by atoms with Crippen LogP contribution >= 0.6 is 0 Å². The minimum absolute atomic E-state index is 0.0233. The first-order chi connectivity index (χ1) is 20.7. The predicted molar refractivity (Wildman–Crippen MR) is 166 cm³/mol. The molecule has 3 amide bonds. The second kappa shape index (κ2) is 12.6. The molecule has 0 aliphatic heterocycles. The standard InChI is InChI=1S/C33H38N6O4/c1-23(24-13-15-26(16-14-24)39(42)43)37-31(41)38-32(2,20-25-21-35-28-11-5-4-10-27(25)28)30(40)36-22-33(17-7-3-8-18-33)29-12-6-9-19-34-29/h4-6,9-16,19,21,23,35H,3,7-8,17-18,20,22H2,1-2H3,(H,36,40)(H2,37,38,41). The maximum Gasteiger partial charge on any atom is 0.316 e. The Morgan fingerprint density at radius 3 is 2.47 bits per heavy atom. The molecule has 43 heavy (non-hydrogen) atoms. The molecule has 1 aliphatic rings. The molecule has 0 bridgehead atoms. The minimum atomic E-state index is -1.29. The van der Waals surface area contributed by atoms with Crippen molar-refractivity contribution in [3.05, 3.63) is 106 Å². The van der Waals surface area contributed by atoms with Gasteiger partial charge in [-0.25, -0.2) is 4.79 Å². The van der Waals surface area contributed by atoms with Crippen LogP contribution in [0.5, 0.6) is 0 Å². The summed E-state index contributed by atoms with van der Waals surface area (Å²) in [5.74, 6) is -0.281. The van der Waals surface area contributed by atoms with Gasteiger partial charge in [0.15, 0.2) is 0 Å². The zero-order valence-corrected chi connectivity index (χ0v) is 24.6. The summed E-state index contributed by atoms with van der Waals surface area (Å²) in [4.78, 5) is 46.0. The third-order valence-electron chi connectivity index (χ3n) is 8.67. The smallest absolute Gasteiger partial charge is 0.316 e. The van der Waals surface area contributed by atoms with Gasteiger partial charge in [-0.05, 0) is 56.0 Å². The van der Waals surface area contributed by atoms with Crippen LogP contribution in [0.15, 0.2) is 79.1 Å². The lowest BCUT2D eigenvalue weighted by molar-refractivity contribution is -0.384. The van der Waals surface area contributed by atoms with E-state index < -0.39 is 22.5 Å². The number of nitro benzene ring substituents is 1.